The summed E-state index contributed by atoms with van der Waals surface area (Å²) >= 11 is 0. The Kier molecular flexibility index (Phi) is 5.75. The molecular formula is C9H14NOP3. The highest BCUT2D eigenvalue weighted by molar-refractivity contribution is 8.42. The lowest BCUT2D eigenvalue weighted by atomic mass is 10.1. The molecule has 0 saturated carbocycles. The number of hydrogen-bond acceptors (Lipinski definition) is 2. The van der Waals surface area contributed by atoms with E-state index in [2.05, 4.69) is 22.9 Å². The van der Waals surface area contributed by atoms with E-state index in [1.54, 1.807) is 0 Å². The van der Waals surface area contributed by atoms with Crippen LogP contribution in [0, 0.1) is 0 Å². The first-order chi connectivity index (χ1) is 6.72. The Hall–Kier alpha value is 0.140. The highest BCUT2D eigenvalue weighted by atomic mass is 32.4. The first kappa shape index (κ1) is 12.2. The summed E-state index contributed by atoms with van der Waals surface area (Å²) in [5, 5.41) is 3.20. The van der Waals surface area contributed by atoms with Crippen LogP contribution in [0.1, 0.15) is 5.56 Å². The monoisotopic (exact) mass is 245 g/mol. The molecule has 1 N–H and O–H groups in total. The molecule has 76 valence electrons. The van der Waals surface area contributed by atoms with Crippen LogP contribution >= 0.6 is 25.3 Å². The Morgan fingerprint density at radius 3 is 2.50 bits per heavy atom. The van der Waals surface area contributed by atoms with Crippen LogP contribution in [0.5, 0.6) is 0 Å². The number of hydrogen-bond donors (Lipinski definition) is 1. The molecule has 14 heavy (non-hydrogen) atoms. The maximum Gasteiger partial charge on any atom is 0.137 e. The van der Waals surface area contributed by atoms with Gasteiger partial charge in [-0.1, -0.05) is 48.2 Å². The van der Waals surface area contributed by atoms with E-state index < -0.39 is 0 Å². The number of rotatable bonds is 5. The van der Waals surface area contributed by atoms with Gasteiger partial charge < -0.3 is 4.79 Å². The third-order valence-corrected chi connectivity index (χ3v) is 3.30. The summed E-state index contributed by atoms with van der Waals surface area (Å²) in [6.07, 6.45) is 1.72. The number of carbonyl (C=O) groups excluding carboxylic acids is 1. The van der Waals surface area contributed by atoms with E-state index in [1.165, 1.54) is 5.56 Å². The summed E-state index contributed by atoms with van der Waals surface area (Å²) in [6.45, 7) is 0. The Balaban J connectivity index is 2.53. The van der Waals surface area contributed by atoms with Crippen molar-refractivity contribution in [2.75, 3.05) is 0 Å². The van der Waals surface area contributed by atoms with Gasteiger partial charge in [0.05, 0.1) is 6.04 Å². The van der Waals surface area contributed by atoms with Gasteiger partial charge in [0.1, 0.15) is 6.29 Å². The van der Waals surface area contributed by atoms with Crippen molar-refractivity contribution in [3.05, 3.63) is 35.9 Å². The average molecular weight is 245 g/mol. The first-order valence-corrected chi connectivity index (χ1v) is 8.85. The van der Waals surface area contributed by atoms with Crippen LogP contribution in [0.3, 0.4) is 0 Å². The number of carbonyl (C=O) groups is 1. The first-order valence-electron chi connectivity index (χ1n) is 4.27. The molecule has 0 aromatic heterocycles. The summed E-state index contributed by atoms with van der Waals surface area (Å²) in [6, 6.07) is 9.94. The van der Waals surface area contributed by atoms with Crippen LogP contribution in [0.4, 0.5) is 0 Å². The van der Waals surface area contributed by atoms with Crippen LogP contribution in [0.25, 0.3) is 0 Å². The van der Waals surface area contributed by atoms with Gasteiger partial charge in [0, 0.05) is 0 Å². The molecular weight excluding hydrogens is 231 g/mol. The minimum atomic E-state index is -0.390. The summed E-state index contributed by atoms with van der Waals surface area (Å²) < 4.78 is 0. The summed E-state index contributed by atoms with van der Waals surface area (Å²) in [5.74, 6) is 0. The molecule has 0 aliphatic carbocycles. The molecule has 0 radical (unpaired) electrons. The van der Waals surface area contributed by atoms with Crippen molar-refractivity contribution in [3.63, 3.8) is 0 Å². The summed E-state index contributed by atoms with van der Waals surface area (Å²) in [5.41, 5.74) is 1.18. The molecule has 1 aromatic carbocycles. The van der Waals surface area contributed by atoms with Crippen LogP contribution in [-0.4, -0.2) is 12.3 Å². The Bertz CT molecular complexity index is 279. The number of nitrogens with one attached hydrogen (secondary N) is 1. The minimum Gasteiger partial charge on any atom is -0.302 e. The second-order valence-electron chi connectivity index (χ2n) is 2.97. The van der Waals surface area contributed by atoms with Gasteiger partial charge in [0.2, 0.25) is 0 Å². The molecule has 0 bridgehead atoms. The van der Waals surface area contributed by atoms with Gasteiger partial charge >= 0.3 is 0 Å². The van der Waals surface area contributed by atoms with Crippen molar-refractivity contribution in [3.8, 4) is 0 Å². The van der Waals surface area contributed by atoms with E-state index in [0.29, 0.717) is 0 Å². The lowest BCUT2D eigenvalue weighted by molar-refractivity contribution is -0.109. The van der Waals surface area contributed by atoms with Gasteiger partial charge in [-0.15, -0.1) is 0 Å². The van der Waals surface area contributed by atoms with Crippen LogP contribution < -0.4 is 5.09 Å². The number of aldehydes is 1. The van der Waals surface area contributed by atoms with E-state index in [0.717, 1.165) is 12.7 Å². The maximum absolute atomic E-state index is 10.8. The zero-order chi connectivity index (χ0) is 10.4. The molecule has 0 spiro atoms. The van der Waals surface area contributed by atoms with E-state index in [-0.39, 0.29) is 13.5 Å². The normalized spacial score (nSPS) is 12.8. The predicted molar refractivity (Wildman–Crippen MR) is 69.5 cm³/mol. The highest BCUT2D eigenvalue weighted by Gasteiger charge is 2.08. The lowest BCUT2D eigenvalue weighted by Gasteiger charge is -2.15. The average Bonchev–Trinajstić information content (AvgIpc) is 2.17. The summed E-state index contributed by atoms with van der Waals surface area (Å²) in [7, 11) is 4.92. The topological polar surface area (TPSA) is 29.1 Å². The quantitative estimate of drug-likeness (QED) is 0.637. The van der Waals surface area contributed by atoms with E-state index in [9.17, 15) is 4.79 Å². The number of benzene rings is 1. The van der Waals surface area contributed by atoms with Gasteiger partial charge in [0.25, 0.3) is 0 Å². The minimum absolute atomic E-state index is 0.0847. The van der Waals surface area contributed by atoms with E-state index >= 15 is 0 Å². The predicted octanol–water partition coefficient (Wildman–Crippen LogP) is 2.36. The van der Waals surface area contributed by atoms with Crippen LogP contribution in [-0.2, 0) is 11.2 Å². The lowest BCUT2D eigenvalue weighted by Crippen LogP contribution is -2.26. The van der Waals surface area contributed by atoms with Gasteiger partial charge in [0.15, 0.2) is 0 Å². The molecule has 2 nitrogen and oxygen atoms in total. The smallest absolute Gasteiger partial charge is 0.137 e. The Labute approximate surface area is 90.2 Å². The standard InChI is InChI=1S/C9H14NOP3/c11-7-9(10-14(12)13)6-8-4-2-1-3-5-8/h1-5,7,9-10H,6,12-13H2. The molecule has 5 heteroatoms. The molecule has 1 rings (SSSR count). The fourth-order valence-electron chi connectivity index (χ4n) is 1.18. The molecule has 3 atom stereocenters. The summed E-state index contributed by atoms with van der Waals surface area (Å²) in [4.78, 5) is 10.8. The fraction of sp³-hybridized carbons (Fsp3) is 0.222. The molecule has 0 saturated heterocycles. The van der Waals surface area contributed by atoms with Gasteiger partial charge in [-0.3, -0.25) is 5.09 Å². The Morgan fingerprint density at radius 1 is 1.36 bits per heavy atom. The van der Waals surface area contributed by atoms with E-state index in [4.69, 9.17) is 0 Å². The Morgan fingerprint density at radius 2 is 2.00 bits per heavy atom. The largest absolute Gasteiger partial charge is 0.302 e. The second kappa shape index (κ2) is 6.59. The molecule has 0 aliphatic heterocycles. The zero-order valence-electron chi connectivity index (χ0n) is 7.76. The third kappa shape index (κ3) is 4.58. The molecule has 0 amide bonds. The van der Waals surface area contributed by atoms with Crippen LogP contribution in [0.2, 0.25) is 0 Å². The highest BCUT2D eigenvalue weighted by Crippen LogP contribution is 2.48. The fourth-order valence-corrected chi connectivity index (χ4v) is 2.87. The third-order valence-electron chi connectivity index (χ3n) is 1.78. The molecule has 0 fully saturated rings. The molecule has 0 aliphatic rings. The maximum atomic E-state index is 10.8. The van der Waals surface area contributed by atoms with Crippen LogP contribution in [0.15, 0.2) is 30.3 Å². The second-order valence-corrected chi connectivity index (χ2v) is 9.17. The molecule has 1 aromatic rings. The van der Waals surface area contributed by atoms with Crippen molar-refractivity contribution in [2.24, 2.45) is 0 Å². The van der Waals surface area contributed by atoms with E-state index in [1.807, 2.05) is 30.3 Å². The van der Waals surface area contributed by atoms with Crippen molar-refractivity contribution >= 4 is 31.6 Å². The van der Waals surface area contributed by atoms with Crippen molar-refractivity contribution < 1.29 is 4.79 Å². The van der Waals surface area contributed by atoms with Gasteiger partial charge in [-0.2, -0.15) is 0 Å². The molecule has 0 heterocycles. The van der Waals surface area contributed by atoms with Gasteiger partial charge in [-0.25, -0.2) is 0 Å². The van der Waals surface area contributed by atoms with Gasteiger partial charge in [-0.05, 0) is 19.4 Å². The zero-order valence-corrected chi connectivity index (χ0v) is 11.0. The van der Waals surface area contributed by atoms with Crippen molar-refractivity contribution in [2.45, 2.75) is 12.5 Å². The SMILES string of the molecule is O=CC(Cc1ccccc1)NP(P)P. The van der Waals surface area contributed by atoms with Crippen molar-refractivity contribution in [1.82, 2.24) is 5.09 Å². The van der Waals surface area contributed by atoms with Crippen molar-refractivity contribution in [1.29, 1.82) is 0 Å². The molecule has 3 unspecified atom stereocenters.